The van der Waals surface area contributed by atoms with E-state index in [0.29, 0.717) is 11.3 Å². The molecule has 0 radical (unpaired) electrons. The van der Waals surface area contributed by atoms with E-state index in [1.54, 1.807) is 13.0 Å². The number of thiocarbonyl (C=S) groups is 1. The fourth-order valence-electron chi connectivity index (χ4n) is 1.59. The highest BCUT2D eigenvalue weighted by Gasteiger charge is 2.17. The van der Waals surface area contributed by atoms with Crippen molar-refractivity contribution >= 4 is 32.9 Å². The van der Waals surface area contributed by atoms with Crippen LogP contribution in [0.25, 0.3) is 0 Å². The first-order chi connectivity index (χ1) is 9.79. The van der Waals surface area contributed by atoms with Crippen LogP contribution < -0.4 is 10.5 Å². The Kier molecular flexibility index (Phi) is 4.19. The van der Waals surface area contributed by atoms with E-state index in [1.807, 2.05) is 0 Å². The van der Waals surface area contributed by atoms with Gasteiger partial charge in [-0.2, -0.15) is 0 Å². The number of benzene rings is 1. The van der Waals surface area contributed by atoms with Crippen molar-refractivity contribution in [1.29, 1.82) is 0 Å². The van der Waals surface area contributed by atoms with E-state index in [2.05, 4.69) is 9.71 Å². The van der Waals surface area contributed by atoms with Gasteiger partial charge in [0.25, 0.3) is 10.0 Å². The zero-order valence-corrected chi connectivity index (χ0v) is 12.6. The van der Waals surface area contributed by atoms with Gasteiger partial charge >= 0.3 is 0 Å². The van der Waals surface area contributed by atoms with Crippen molar-refractivity contribution in [2.24, 2.45) is 5.73 Å². The smallest absolute Gasteiger partial charge is 0.263 e. The standard InChI is InChI=1S/C13H12FN3O2S2/c1-8-2-4-11(10(14)6-8)17-21(18,19)9-3-5-12(13(15)20)16-7-9/h2-7,17H,1H3,(H2,15,20). The van der Waals surface area contributed by atoms with E-state index >= 15 is 0 Å². The molecular weight excluding hydrogens is 313 g/mol. The largest absolute Gasteiger partial charge is 0.388 e. The molecule has 0 atom stereocenters. The summed E-state index contributed by atoms with van der Waals surface area (Å²) in [6, 6.07) is 6.90. The molecule has 0 aliphatic rings. The minimum Gasteiger partial charge on any atom is -0.388 e. The molecule has 8 heteroatoms. The number of nitrogens with one attached hydrogen (secondary N) is 1. The lowest BCUT2D eigenvalue weighted by Gasteiger charge is -2.09. The Hall–Kier alpha value is -2.06. The SMILES string of the molecule is Cc1ccc(NS(=O)(=O)c2ccc(C(N)=S)nc2)c(F)c1. The molecule has 0 fully saturated rings. The fourth-order valence-corrected chi connectivity index (χ4v) is 2.72. The average Bonchev–Trinajstić information content (AvgIpc) is 2.42. The maximum atomic E-state index is 13.7. The molecule has 110 valence electrons. The quantitative estimate of drug-likeness (QED) is 0.840. The maximum Gasteiger partial charge on any atom is 0.263 e. The highest BCUT2D eigenvalue weighted by molar-refractivity contribution is 7.92. The number of halogens is 1. The number of hydrogen-bond acceptors (Lipinski definition) is 4. The monoisotopic (exact) mass is 325 g/mol. The van der Waals surface area contributed by atoms with Gasteiger partial charge in [-0.3, -0.25) is 9.71 Å². The summed E-state index contributed by atoms with van der Waals surface area (Å²) in [7, 11) is -3.93. The van der Waals surface area contributed by atoms with E-state index < -0.39 is 15.8 Å². The van der Waals surface area contributed by atoms with Crippen LogP contribution in [0.1, 0.15) is 11.3 Å². The van der Waals surface area contributed by atoms with Gasteiger partial charge in [0.2, 0.25) is 0 Å². The minimum absolute atomic E-state index is 0.0662. The minimum atomic E-state index is -3.93. The van der Waals surface area contributed by atoms with E-state index in [4.69, 9.17) is 18.0 Å². The number of hydrogen-bond donors (Lipinski definition) is 2. The predicted molar refractivity (Wildman–Crippen MR) is 82.1 cm³/mol. The third-order valence-electron chi connectivity index (χ3n) is 2.67. The third kappa shape index (κ3) is 3.53. The zero-order chi connectivity index (χ0) is 15.6. The van der Waals surface area contributed by atoms with Gasteiger partial charge in [-0.1, -0.05) is 18.3 Å². The first-order valence-corrected chi connectivity index (χ1v) is 7.73. The molecule has 1 heterocycles. The van der Waals surface area contributed by atoms with Gasteiger partial charge in [0.1, 0.15) is 15.7 Å². The second-order valence-electron chi connectivity index (χ2n) is 4.33. The summed E-state index contributed by atoms with van der Waals surface area (Å²) in [5.41, 5.74) is 6.26. The zero-order valence-electron chi connectivity index (χ0n) is 11.0. The van der Waals surface area contributed by atoms with Gasteiger partial charge in [-0.25, -0.2) is 12.8 Å². The van der Waals surface area contributed by atoms with Gasteiger partial charge in [-0.05, 0) is 36.8 Å². The van der Waals surface area contributed by atoms with E-state index in [0.717, 1.165) is 6.20 Å². The van der Waals surface area contributed by atoms with Crippen LogP contribution in [0.5, 0.6) is 0 Å². The normalized spacial score (nSPS) is 11.1. The fraction of sp³-hybridized carbons (Fsp3) is 0.0769. The van der Waals surface area contributed by atoms with Gasteiger partial charge in [0.05, 0.1) is 11.4 Å². The molecule has 0 aliphatic carbocycles. The van der Waals surface area contributed by atoms with Crippen molar-refractivity contribution in [3.63, 3.8) is 0 Å². The number of rotatable bonds is 4. The van der Waals surface area contributed by atoms with Crippen LogP contribution in [0, 0.1) is 12.7 Å². The number of aryl methyl sites for hydroxylation is 1. The summed E-state index contributed by atoms with van der Waals surface area (Å²) >= 11 is 4.73. The van der Waals surface area contributed by atoms with Crippen LogP contribution in [0.3, 0.4) is 0 Å². The summed E-state index contributed by atoms with van der Waals surface area (Å²) in [5, 5.41) is 0. The summed E-state index contributed by atoms with van der Waals surface area (Å²) in [6.07, 6.45) is 1.11. The molecule has 2 aromatic rings. The van der Waals surface area contributed by atoms with E-state index in [1.165, 1.54) is 24.3 Å². The molecular formula is C13H12FN3O2S2. The highest BCUT2D eigenvalue weighted by atomic mass is 32.2. The van der Waals surface area contributed by atoms with Crippen LogP contribution in [-0.2, 0) is 10.0 Å². The average molecular weight is 325 g/mol. The molecule has 0 aliphatic heterocycles. The Balaban J connectivity index is 2.31. The molecule has 1 aromatic carbocycles. The Morgan fingerprint density at radius 1 is 1.33 bits per heavy atom. The molecule has 0 spiro atoms. The van der Waals surface area contributed by atoms with Gasteiger partial charge in [0.15, 0.2) is 0 Å². The van der Waals surface area contributed by atoms with Crippen LogP contribution in [0.15, 0.2) is 41.4 Å². The second kappa shape index (κ2) is 5.74. The summed E-state index contributed by atoms with van der Waals surface area (Å²) in [4.78, 5) is 3.80. The van der Waals surface area contributed by atoms with Gasteiger partial charge in [0, 0.05) is 6.20 Å². The Bertz CT molecular complexity index is 790. The van der Waals surface area contributed by atoms with Crippen molar-refractivity contribution in [2.75, 3.05) is 4.72 Å². The Morgan fingerprint density at radius 2 is 2.05 bits per heavy atom. The lowest BCUT2D eigenvalue weighted by molar-refractivity contribution is 0.598. The number of sulfonamides is 1. The van der Waals surface area contributed by atoms with Gasteiger partial charge < -0.3 is 5.73 Å². The van der Waals surface area contributed by atoms with Crippen molar-refractivity contribution in [3.8, 4) is 0 Å². The number of nitrogens with zero attached hydrogens (tertiary/aromatic N) is 1. The third-order valence-corrected chi connectivity index (χ3v) is 4.23. The Labute approximate surface area is 127 Å². The second-order valence-corrected chi connectivity index (χ2v) is 6.45. The molecule has 0 saturated heterocycles. The summed E-state index contributed by atoms with van der Waals surface area (Å²) < 4.78 is 40.1. The van der Waals surface area contributed by atoms with E-state index in [9.17, 15) is 12.8 Å². The number of nitrogens with two attached hydrogens (primary N) is 1. The van der Waals surface area contributed by atoms with Crippen LogP contribution in [0.4, 0.5) is 10.1 Å². The lowest BCUT2D eigenvalue weighted by atomic mass is 10.2. The molecule has 2 rings (SSSR count). The summed E-state index contributed by atoms with van der Waals surface area (Å²) in [5.74, 6) is -0.647. The molecule has 5 nitrogen and oxygen atoms in total. The predicted octanol–water partition coefficient (Wildman–Crippen LogP) is 1.96. The van der Waals surface area contributed by atoms with Crippen molar-refractivity contribution in [2.45, 2.75) is 11.8 Å². The molecule has 0 unspecified atom stereocenters. The number of anilines is 1. The molecule has 21 heavy (non-hydrogen) atoms. The van der Waals surface area contributed by atoms with Crippen LogP contribution in [0.2, 0.25) is 0 Å². The molecule has 1 aromatic heterocycles. The van der Waals surface area contributed by atoms with Crippen LogP contribution in [-0.4, -0.2) is 18.4 Å². The highest BCUT2D eigenvalue weighted by Crippen LogP contribution is 2.19. The first-order valence-electron chi connectivity index (χ1n) is 5.84. The van der Waals surface area contributed by atoms with Crippen molar-refractivity contribution < 1.29 is 12.8 Å². The topological polar surface area (TPSA) is 85.1 Å². The summed E-state index contributed by atoms with van der Waals surface area (Å²) in [6.45, 7) is 1.71. The van der Waals surface area contributed by atoms with Crippen molar-refractivity contribution in [3.05, 3.63) is 53.6 Å². The molecule has 0 saturated carbocycles. The van der Waals surface area contributed by atoms with Crippen LogP contribution >= 0.6 is 12.2 Å². The number of aromatic nitrogens is 1. The maximum absolute atomic E-state index is 13.7. The van der Waals surface area contributed by atoms with Gasteiger partial charge in [-0.15, -0.1) is 0 Å². The molecule has 3 N–H and O–H groups in total. The van der Waals surface area contributed by atoms with E-state index in [-0.39, 0.29) is 15.6 Å². The number of pyridine rings is 1. The Morgan fingerprint density at radius 3 is 2.57 bits per heavy atom. The molecule has 0 amide bonds. The molecule has 0 bridgehead atoms. The van der Waals surface area contributed by atoms with Crippen molar-refractivity contribution in [1.82, 2.24) is 4.98 Å². The first kappa shape index (κ1) is 15.3. The lowest BCUT2D eigenvalue weighted by Crippen LogP contribution is -2.16.